The highest BCUT2D eigenvalue weighted by atomic mass is 16.5. The normalized spacial score (nSPS) is 13.0. The van der Waals surface area contributed by atoms with Crippen LogP contribution in [0.1, 0.15) is 16.7 Å². The first-order valence-electron chi connectivity index (χ1n) is 9.81. The topological polar surface area (TPSA) is 118 Å². The van der Waals surface area contributed by atoms with E-state index in [4.69, 9.17) is 34.3 Å². The highest BCUT2D eigenvalue weighted by Gasteiger charge is 2.27. The first-order chi connectivity index (χ1) is 15.0. The number of aryl methyl sites for hydroxylation is 1. The number of fused-ring (bicyclic) bond motifs is 1. The van der Waals surface area contributed by atoms with Crippen LogP contribution in [-0.2, 0) is 0 Å². The van der Waals surface area contributed by atoms with Crippen molar-refractivity contribution >= 4 is 11.3 Å². The summed E-state index contributed by atoms with van der Waals surface area (Å²) in [4.78, 5) is 0. The van der Waals surface area contributed by atoms with Gasteiger partial charge < -0.3 is 39.4 Å². The van der Waals surface area contributed by atoms with Crippen LogP contribution >= 0.6 is 0 Å². The fraction of sp³-hybridized carbons (Fsp3) is 0.304. The molecule has 0 radical (unpaired) electrons. The van der Waals surface area contributed by atoms with E-state index in [1.54, 1.807) is 30.3 Å². The molecule has 4 N–H and O–H groups in total. The molecule has 0 unspecified atom stereocenters. The zero-order chi connectivity index (χ0) is 22.4. The number of aliphatic hydroxyl groups excluding tert-OH is 4. The fourth-order valence-electron chi connectivity index (χ4n) is 3.24. The van der Waals surface area contributed by atoms with Crippen LogP contribution < -0.4 is 18.9 Å². The Balaban J connectivity index is 1.99. The minimum atomic E-state index is -0.186. The molecular formula is C23H26O8. The molecule has 0 saturated carbocycles. The molecule has 0 aromatic heterocycles. The van der Waals surface area contributed by atoms with Crippen molar-refractivity contribution in [3.63, 3.8) is 0 Å². The van der Waals surface area contributed by atoms with E-state index >= 15 is 0 Å². The monoisotopic (exact) mass is 430 g/mol. The number of benzene rings is 2. The van der Waals surface area contributed by atoms with Crippen LogP contribution in [0.2, 0.25) is 0 Å². The second kappa shape index (κ2) is 10.2. The predicted octanol–water partition coefficient (Wildman–Crippen LogP) is 2.44. The molecule has 8 nitrogen and oxygen atoms in total. The number of hydrogen-bond acceptors (Lipinski definition) is 8. The van der Waals surface area contributed by atoms with Gasteiger partial charge in [-0.25, -0.2) is 0 Å². The standard InChI is InChI=1S/C23H26O8/c1-14-11-17(28-8-5-24)13-20-21(14)15(2)22(27)23(31-20)16-3-4-18(29-9-6-25)19(12-16)30-10-7-26/h3-4,11-13,24-27H,2,5-10H2,1H3. The number of aliphatic hydroxyl groups is 4. The lowest BCUT2D eigenvalue weighted by atomic mass is 9.95. The van der Waals surface area contributed by atoms with Gasteiger partial charge in [0.2, 0.25) is 0 Å². The van der Waals surface area contributed by atoms with E-state index in [9.17, 15) is 5.11 Å². The molecule has 0 saturated heterocycles. The quantitative estimate of drug-likeness (QED) is 0.454. The van der Waals surface area contributed by atoms with E-state index in [2.05, 4.69) is 6.58 Å². The lowest BCUT2D eigenvalue weighted by molar-refractivity contribution is 0.178. The molecule has 1 aliphatic heterocycles. The minimum absolute atomic E-state index is 0.0467. The van der Waals surface area contributed by atoms with E-state index in [-0.39, 0.29) is 51.2 Å². The summed E-state index contributed by atoms with van der Waals surface area (Å²) >= 11 is 0. The van der Waals surface area contributed by atoms with Crippen LogP contribution in [0.3, 0.4) is 0 Å². The Morgan fingerprint density at radius 1 is 0.871 bits per heavy atom. The summed E-state index contributed by atoms with van der Waals surface area (Å²) in [6, 6.07) is 8.39. The Morgan fingerprint density at radius 2 is 1.52 bits per heavy atom. The highest BCUT2D eigenvalue weighted by Crippen LogP contribution is 2.44. The van der Waals surface area contributed by atoms with Crippen LogP contribution in [0.15, 0.2) is 42.7 Å². The third kappa shape index (κ3) is 4.93. The van der Waals surface area contributed by atoms with E-state index in [1.165, 1.54) is 0 Å². The van der Waals surface area contributed by atoms with Crippen molar-refractivity contribution in [3.8, 4) is 23.0 Å². The molecule has 0 amide bonds. The highest BCUT2D eigenvalue weighted by molar-refractivity contribution is 5.91. The molecule has 166 valence electrons. The van der Waals surface area contributed by atoms with Crippen molar-refractivity contribution < 1.29 is 39.4 Å². The lowest BCUT2D eigenvalue weighted by Crippen LogP contribution is -2.12. The van der Waals surface area contributed by atoms with E-state index in [0.29, 0.717) is 39.7 Å². The average molecular weight is 430 g/mol. The molecule has 3 rings (SSSR count). The lowest BCUT2D eigenvalue weighted by Gasteiger charge is -2.25. The molecule has 1 heterocycles. The molecule has 31 heavy (non-hydrogen) atoms. The van der Waals surface area contributed by atoms with Gasteiger partial charge >= 0.3 is 0 Å². The van der Waals surface area contributed by atoms with Crippen molar-refractivity contribution in [1.82, 2.24) is 0 Å². The second-order valence-corrected chi connectivity index (χ2v) is 6.75. The molecule has 2 aromatic rings. The van der Waals surface area contributed by atoms with Gasteiger partial charge in [-0.15, -0.1) is 0 Å². The minimum Gasteiger partial charge on any atom is -0.504 e. The molecule has 1 aliphatic rings. The third-order valence-corrected chi connectivity index (χ3v) is 4.55. The molecular weight excluding hydrogens is 404 g/mol. The molecule has 8 heteroatoms. The maximum absolute atomic E-state index is 10.8. The Bertz CT molecular complexity index is 980. The molecule has 0 bridgehead atoms. The summed E-state index contributed by atoms with van der Waals surface area (Å²) in [5.74, 6) is 1.77. The molecule has 2 aromatic carbocycles. The summed E-state index contributed by atoms with van der Waals surface area (Å²) in [6.07, 6.45) is 0. The van der Waals surface area contributed by atoms with Gasteiger partial charge in [-0.3, -0.25) is 0 Å². The van der Waals surface area contributed by atoms with Crippen molar-refractivity contribution in [2.45, 2.75) is 6.92 Å². The SMILES string of the molecule is C=C1C(O)=C(c2ccc(OCCO)c(OCCO)c2)Oc2cc(OCCO)cc(C)c21. The van der Waals surface area contributed by atoms with Gasteiger partial charge in [-0.05, 0) is 36.8 Å². The van der Waals surface area contributed by atoms with E-state index in [0.717, 1.165) is 5.56 Å². The summed E-state index contributed by atoms with van der Waals surface area (Å²) in [5, 5.41) is 37.9. The second-order valence-electron chi connectivity index (χ2n) is 6.75. The van der Waals surface area contributed by atoms with Gasteiger partial charge in [0.1, 0.15) is 31.3 Å². The first-order valence-corrected chi connectivity index (χ1v) is 9.81. The van der Waals surface area contributed by atoms with Gasteiger partial charge in [0, 0.05) is 22.8 Å². The van der Waals surface area contributed by atoms with Crippen LogP contribution in [0.5, 0.6) is 23.0 Å². The van der Waals surface area contributed by atoms with Crippen LogP contribution in [-0.4, -0.2) is 60.1 Å². The van der Waals surface area contributed by atoms with Crippen molar-refractivity contribution in [2.24, 2.45) is 0 Å². The van der Waals surface area contributed by atoms with E-state index < -0.39 is 0 Å². The smallest absolute Gasteiger partial charge is 0.177 e. The van der Waals surface area contributed by atoms with Gasteiger partial charge in [0.15, 0.2) is 23.0 Å². The number of ether oxygens (including phenoxy) is 4. The van der Waals surface area contributed by atoms with Crippen molar-refractivity contribution in [2.75, 3.05) is 39.6 Å². The molecule has 0 fully saturated rings. The summed E-state index contributed by atoms with van der Waals surface area (Å²) < 4.78 is 22.5. The van der Waals surface area contributed by atoms with Gasteiger partial charge in [-0.2, -0.15) is 0 Å². The Morgan fingerprint density at radius 3 is 2.19 bits per heavy atom. The predicted molar refractivity (Wildman–Crippen MR) is 115 cm³/mol. The maximum Gasteiger partial charge on any atom is 0.177 e. The zero-order valence-electron chi connectivity index (χ0n) is 17.3. The number of hydrogen-bond donors (Lipinski definition) is 4. The third-order valence-electron chi connectivity index (χ3n) is 4.55. The Kier molecular flexibility index (Phi) is 7.41. The summed E-state index contributed by atoms with van der Waals surface area (Å²) in [6.45, 7) is 5.68. The van der Waals surface area contributed by atoms with Gasteiger partial charge in [0.05, 0.1) is 19.8 Å². The average Bonchev–Trinajstić information content (AvgIpc) is 2.77. The Labute approximate surface area is 180 Å². The maximum atomic E-state index is 10.8. The number of allylic oxidation sites excluding steroid dienone is 1. The van der Waals surface area contributed by atoms with E-state index in [1.807, 2.05) is 6.92 Å². The fourth-order valence-corrected chi connectivity index (χ4v) is 3.24. The first kappa shape index (κ1) is 22.5. The molecule has 0 atom stereocenters. The van der Waals surface area contributed by atoms with Crippen LogP contribution in [0.25, 0.3) is 11.3 Å². The summed E-state index contributed by atoms with van der Waals surface area (Å²) in [7, 11) is 0. The van der Waals surface area contributed by atoms with Crippen molar-refractivity contribution in [1.29, 1.82) is 0 Å². The molecule has 0 aliphatic carbocycles. The molecule has 0 spiro atoms. The summed E-state index contributed by atoms with van der Waals surface area (Å²) in [5.41, 5.74) is 2.38. The number of rotatable bonds is 10. The largest absolute Gasteiger partial charge is 0.504 e. The van der Waals surface area contributed by atoms with Gasteiger partial charge in [0.25, 0.3) is 0 Å². The Hall–Kier alpha value is -3.20. The van der Waals surface area contributed by atoms with Gasteiger partial charge in [-0.1, -0.05) is 6.58 Å². The van der Waals surface area contributed by atoms with Crippen LogP contribution in [0.4, 0.5) is 0 Å². The van der Waals surface area contributed by atoms with Crippen LogP contribution in [0, 0.1) is 6.92 Å². The van der Waals surface area contributed by atoms with Crippen molar-refractivity contribution in [3.05, 3.63) is 59.4 Å². The zero-order valence-corrected chi connectivity index (χ0v) is 17.3.